The summed E-state index contributed by atoms with van der Waals surface area (Å²) in [6, 6.07) is 0.551. The predicted octanol–water partition coefficient (Wildman–Crippen LogP) is 3.50. The minimum absolute atomic E-state index is 0.139. The molecule has 1 aromatic rings. The molecule has 0 heterocycles. The summed E-state index contributed by atoms with van der Waals surface area (Å²) in [5.41, 5.74) is -1.67. The van der Waals surface area contributed by atoms with Crippen molar-refractivity contribution in [3.63, 3.8) is 0 Å². The van der Waals surface area contributed by atoms with Crippen LogP contribution in [0.4, 0.5) is 30.7 Å². The van der Waals surface area contributed by atoms with Crippen LogP contribution in [0, 0.1) is 18.6 Å². The van der Waals surface area contributed by atoms with E-state index >= 15 is 0 Å². The molecule has 0 bridgehead atoms. The third-order valence-corrected chi connectivity index (χ3v) is 2.29. The topological polar surface area (TPSA) is 20.2 Å². The number of hydrogen-bond acceptors (Lipinski definition) is 1. The largest absolute Gasteiger partial charge is 0.456 e. The molecule has 0 aliphatic heterocycles. The lowest BCUT2D eigenvalue weighted by Crippen LogP contribution is -2.42. The molecule has 0 aliphatic rings. The van der Waals surface area contributed by atoms with Crippen LogP contribution in [-0.2, 0) is 0 Å². The van der Waals surface area contributed by atoms with Gasteiger partial charge in [0.2, 0.25) is 0 Å². The highest BCUT2D eigenvalue weighted by molar-refractivity contribution is 5.28. The van der Waals surface area contributed by atoms with Gasteiger partial charge in [-0.05, 0) is 18.6 Å². The molecule has 0 fully saturated rings. The molecule has 0 amide bonds. The monoisotopic (exact) mass is 276 g/mol. The zero-order chi connectivity index (χ0) is 14.3. The molecule has 0 saturated heterocycles. The van der Waals surface area contributed by atoms with E-state index in [2.05, 4.69) is 0 Å². The van der Waals surface area contributed by atoms with Crippen molar-refractivity contribution >= 4 is 0 Å². The molecule has 0 radical (unpaired) electrons. The van der Waals surface area contributed by atoms with Gasteiger partial charge in [-0.1, -0.05) is 0 Å². The summed E-state index contributed by atoms with van der Waals surface area (Å²) in [4.78, 5) is 0. The van der Waals surface area contributed by atoms with E-state index in [1.807, 2.05) is 0 Å². The maximum Gasteiger partial charge on any atom is 0.456 e. The Hall–Kier alpha value is -1.31. The molecule has 0 aliphatic carbocycles. The molecule has 1 nitrogen and oxygen atoms in total. The fourth-order valence-electron chi connectivity index (χ4n) is 1.24. The first-order chi connectivity index (χ1) is 7.98. The maximum atomic E-state index is 13.1. The molecule has 102 valence electrons. The second-order valence-corrected chi connectivity index (χ2v) is 3.65. The van der Waals surface area contributed by atoms with Gasteiger partial charge in [0.1, 0.15) is 11.6 Å². The van der Waals surface area contributed by atoms with Crippen LogP contribution in [0.5, 0.6) is 0 Å². The number of aryl methyl sites for hydroxylation is 1. The van der Waals surface area contributed by atoms with Crippen LogP contribution in [0.15, 0.2) is 12.1 Å². The molecular weight excluding hydrogens is 269 g/mol. The number of aliphatic hydroxyl groups is 1. The molecule has 0 aromatic heterocycles. The van der Waals surface area contributed by atoms with Crippen molar-refractivity contribution < 1.29 is 35.8 Å². The van der Waals surface area contributed by atoms with E-state index in [4.69, 9.17) is 5.11 Å². The van der Waals surface area contributed by atoms with Crippen LogP contribution in [0.2, 0.25) is 0 Å². The van der Waals surface area contributed by atoms with E-state index in [0.29, 0.717) is 6.07 Å². The van der Waals surface area contributed by atoms with Gasteiger partial charge in [0.25, 0.3) is 0 Å². The quantitative estimate of drug-likeness (QED) is 0.820. The Morgan fingerprint density at radius 2 is 1.50 bits per heavy atom. The molecular formula is C10H7F7O. The first-order valence-electron chi connectivity index (χ1n) is 4.56. The molecule has 1 unspecified atom stereocenters. The van der Waals surface area contributed by atoms with Gasteiger partial charge in [-0.2, -0.15) is 22.0 Å². The van der Waals surface area contributed by atoms with Crippen LogP contribution < -0.4 is 0 Å². The molecule has 1 rings (SSSR count). The fourth-order valence-corrected chi connectivity index (χ4v) is 1.24. The van der Waals surface area contributed by atoms with Crippen molar-refractivity contribution in [2.45, 2.75) is 25.1 Å². The Labute approximate surface area is 96.8 Å². The van der Waals surface area contributed by atoms with Crippen LogP contribution >= 0.6 is 0 Å². The number of rotatable bonds is 2. The summed E-state index contributed by atoms with van der Waals surface area (Å²) in [6.45, 7) is 1.04. The maximum absolute atomic E-state index is 13.1. The van der Waals surface area contributed by atoms with E-state index in [9.17, 15) is 30.7 Å². The van der Waals surface area contributed by atoms with Gasteiger partial charge in [0.15, 0.2) is 6.10 Å². The first-order valence-corrected chi connectivity index (χ1v) is 4.56. The van der Waals surface area contributed by atoms with Gasteiger partial charge in [0.05, 0.1) is 0 Å². The molecule has 18 heavy (non-hydrogen) atoms. The number of hydrogen-bond donors (Lipinski definition) is 1. The average Bonchev–Trinajstić information content (AvgIpc) is 2.20. The molecule has 8 heteroatoms. The van der Waals surface area contributed by atoms with Crippen molar-refractivity contribution in [1.29, 1.82) is 0 Å². The molecule has 1 aromatic carbocycles. The molecule has 1 N–H and O–H groups in total. The molecule has 0 spiro atoms. The molecule has 0 saturated carbocycles. The second kappa shape index (κ2) is 4.42. The zero-order valence-corrected chi connectivity index (χ0v) is 8.83. The third-order valence-electron chi connectivity index (χ3n) is 2.29. The average molecular weight is 276 g/mol. The van der Waals surface area contributed by atoms with Crippen LogP contribution in [-0.4, -0.2) is 17.2 Å². The minimum Gasteiger partial charge on any atom is -0.382 e. The van der Waals surface area contributed by atoms with Crippen molar-refractivity contribution in [3.8, 4) is 0 Å². The molecule has 1 atom stereocenters. The Morgan fingerprint density at radius 3 is 1.94 bits per heavy atom. The summed E-state index contributed by atoms with van der Waals surface area (Å²) in [7, 11) is 0. The highest BCUT2D eigenvalue weighted by Gasteiger charge is 2.63. The summed E-state index contributed by atoms with van der Waals surface area (Å²) in [5, 5.41) is 8.95. The summed E-state index contributed by atoms with van der Waals surface area (Å²) < 4.78 is 87.4. The summed E-state index contributed by atoms with van der Waals surface area (Å²) in [5.74, 6) is -8.31. The number of halogens is 7. The van der Waals surface area contributed by atoms with Crippen LogP contribution in [0.25, 0.3) is 0 Å². The highest BCUT2D eigenvalue weighted by atomic mass is 19.4. The van der Waals surface area contributed by atoms with Gasteiger partial charge in [-0.3, -0.25) is 0 Å². The van der Waals surface area contributed by atoms with E-state index in [0.717, 1.165) is 6.92 Å². The Morgan fingerprint density at radius 1 is 1.00 bits per heavy atom. The van der Waals surface area contributed by atoms with E-state index in [1.54, 1.807) is 0 Å². The standard InChI is InChI=1S/C10H7F7O/c1-4-2-5(7(12)3-6(4)11)8(18)9(13,14)10(15,16)17/h2-3,8,18H,1H3. The highest BCUT2D eigenvalue weighted by Crippen LogP contribution is 2.45. The Balaban J connectivity index is 3.27. The van der Waals surface area contributed by atoms with E-state index < -0.39 is 35.4 Å². The van der Waals surface area contributed by atoms with Crippen molar-refractivity contribution in [1.82, 2.24) is 0 Å². The van der Waals surface area contributed by atoms with Crippen LogP contribution in [0.1, 0.15) is 17.2 Å². The van der Waals surface area contributed by atoms with Gasteiger partial charge in [0, 0.05) is 11.6 Å². The third kappa shape index (κ3) is 2.43. The van der Waals surface area contributed by atoms with Gasteiger partial charge >= 0.3 is 12.1 Å². The van der Waals surface area contributed by atoms with Crippen molar-refractivity contribution in [2.75, 3.05) is 0 Å². The van der Waals surface area contributed by atoms with Crippen molar-refractivity contribution in [2.24, 2.45) is 0 Å². The van der Waals surface area contributed by atoms with Gasteiger partial charge in [-0.15, -0.1) is 0 Å². The minimum atomic E-state index is -6.04. The van der Waals surface area contributed by atoms with Crippen LogP contribution in [0.3, 0.4) is 0 Å². The van der Waals surface area contributed by atoms with Gasteiger partial charge < -0.3 is 5.11 Å². The number of alkyl halides is 5. The Bertz CT molecular complexity index is 452. The fraction of sp³-hybridized carbons (Fsp3) is 0.400. The number of aliphatic hydroxyl groups excluding tert-OH is 1. The normalized spacial score (nSPS) is 14.7. The van der Waals surface area contributed by atoms with E-state index in [1.165, 1.54) is 0 Å². The Kier molecular flexibility index (Phi) is 3.62. The smallest absolute Gasteiger partial charge is 0.382 e. The lowest BCUT2D eigenvalue weighted by molar-refractivity contribution is -0.315. The number of benzene rings is 1. The SMILES string of the molecule is Cc1cc(C(O)C(F)(F)C(F)(F)F)c(F)cc1F. The van der Waals surface area contributed by atoms with Crippen molar-refractivity contribution in [3.05, 3.63) is 34.9 Å². The summed E-state index contributed by atoms with van der Waals surface area (Å²) >= 11 is 0. The predicted molar refractivity (Wildman–Crippen MR) is 47.1 cm³/mol. The lowest BCUT2D eigenvalue weighted by atomic mass is 10.0. The zero-order valence-electron chi connectivity index (χ0n) is 8.83. The lowest BCUT2D eigenvalue weighted by Gasteiger charge is -2.25. The second-order valence-electron chi connectivity index (χ2n) is 3.65. The summed E-state index contributed by atoms with van der Waals surface area (Å²) in [6.07, 6.45) is -9.47. The first kappa shape index (κ1) is 14.7. The van der Waals surface area contributed by atoms with E-state index in [-0.39, 0.29) is 11.6 Å². The van der Waals surface area contributed by atoms with Gasteiger partial charge in [-0.25, -0.2) is 8.78 Å².